The van der Waals surface area contributed by atoms with Crippen LogP contribution in [0.15, 0.2) is 36.4 Å². The number of ether oxygens (including phenoxy) is 2. The molecule has 0 bridgehead atoms. The Kier molecular flexibility index (Phi) is 9.62. The number of aliphatic hydroxyl groups excluding tert-OH is 8. The summed E-state index contributed by atoms with van der Waals surface area (Å²) in [6.07, 6.45) is -12.9. The van der Waals surface area contributed by atoms with E-state index in [4.69, 9.17) is 9.47 Å². The summed E-state index contributed by atoms with van der Waals surface area (Å²) in [5.74, 6) is 11.5. The van der Waals surface area contributed by atoms with Crippen molar-refractivity contribution in [2.24, 2.45) is 0 Å². The van der Waals surface area contributed by atoms with Crippen molar-refractivity contribution in [2.45, 2.75) is 74.9 Å². The minimum absolute atomic E-state index is 0.519. The van der Waals surface area contributed by atoms with Gasteiger partial charge >= 0.3 is 0 Å². The maximum absolute atomic E-state index is 10.2. The Labute approximate surface area is 232 Å². The summed E-state index contributed by atoms with van der Waals surface area (Å²) in [5, 5.41) is 78.9. The van der Waals surface area contributed by atoms with Crippen molar-refractivity contribution >= 4 is 0 Å². The number of rotatable bonds is 3. The van der Waals surface area contributed by atoms with Crippen LogP contribution in [0, 0.1) is 37.5 Å². The number of benzene rings is 2. The van der Waals surface area contributed by atoms with Gasteiger partial charge in [0.25, 0.3) is 0 Å². The molecule has 0 amide bonds. The highest BCUT2D eigenvalue weighted by Crippen LogP contribution is 2.26. The molecule has 2 fully saturated rings. The molecule has 2 aromatic carbocycles. The Bertz CT molecular complexity index is 1220. The first-order valence-electron chi connectivity index (χ1n) is 12.9. The molecule has 10 atom stereocenters. The summed E-state index contributed by atoms with van der Waals surface area (Å²) in [7, 11) is 0. The maximum atomic E-state index is 10.2. The Balaban J connectivity index is 1.49. The molecule has 8 N–H and O–H groups in total. The molecular weight excluding hydrogens is 520 g/mol. The van der Waals surface area contributed by atoms with Crippen LogP contribution in [0.25, 0.3) is 11.1 Å². The van der Waals surface area contributed by atoms with Gasteiger partial charge in [-0.1, -0.05) is 47.9 Å². The second-order valence-electron chi connectivity index (χ2n) is 10.1. The molecule has 2 aliphatic rings. The fourth-order valence-corrected chi connectivity index (χ4v) is 4.71. The van der Waals surface area contributed by atoms with E-state index >= 15 is 0 Å². The van der Waals surface area contributed by atoms with E-state index in [1.54, 1.807) is 0 Å². The second-order valence-corrected chi connectivity index (χ2v) is 10.1. The molecule has 0 aromatic heterocycles. The molecule has 0 unspecified atom stereocenters. The monoisotopic (exact) mass is 554 g/mol. The van der Waals surface area contributed by atoms with Crippen LogP contribution in [0.4, 0.5) is 0 Å². The highest BCUT2D eigenvalue weighted by molar-refractivity contribution is 5.68. The number of hydrogen-bond donors (Lipinski definition) is 8. The van der Waals surface area contributed by atoms with Crippen LogP contribution in [0.3, 0.4) is 0 Å². The van der Waals surface area contributed by atoms with E-state index in [9.17, 15) is 40.9 Å². The minimum atomic E-state index is -1.48. The lowest BCUT2D eigenvalue weighted by molar-refractivity contribution is -0.214. The Morgan fingerprint density at radius 1 is 0.575 bits per heavy atom. The number of aliphatic hydroxyl groups is 8. The molecule has 0 spiro atoms. The molecule has 214 valence electrons. The fraction of sp³-hybridized carbons (Fsp3) is 0.467. The topological polar surface area (TPSA) is 180 Å². The highest BCUT2D eigenvalue weighted by Gasteiger charge is 2.43. The van der Waals surface area contributed by atoms with Crippen molar-refractivity contribution < 1.29 is 50.3 Å². The van der Waals surface area contributed by atoms with Crippen molar-refractivity contribution in [3.05, 3.63) is 58.7 Å². The molecule has 2 aliphatic heterocycles. The first kappa shape index (κ1) is 30.1. The minimum Gasteiger partial charge on any atom is -0.394 e. The zero-order chi connectivity index (χ0) is 29.1. The third-order valence-electron chi connectivity index (χ3n) is 7.27. The molecule has 0 radical (unpaired) electrons. The standard InChI is InChI=1S/C30H34O10/c1-15-11-19(5-3-17(15)7-9-21-25(33)29(37)27(35)23(13-31)39-21)20-6-4-18(16(2)12-20)8-10-22-26(34)30(38)28(36)24(14-32)40-22/h3-6,11-12,21-38H,13-14H2,1-2H3/t21-,22-,23-,24-,25-,26-,27-,28-,29-,30-/m1/s1. The Morgan fingerprint density at radius 2 is 0.950 bits per heavy atom. The predicted octanol–water partition coefficient (Wildman–Crippen LogP) is -1.64. The second kappa shape index (κ2) is 12.8. The fourth-order valence-electron chi connectivity index (χ4n) is 4.71. The Hall–Kier alpha value is -2.84. The van der Waals surface area contributed by atoms with Crippen LogP contribution >= 0.6 is 0 Å². The van der Waals surface area contributed by atoms with Crippen LogP contribution < -0.4 is 0 Å². The van der Waals surface area contributed by atoms with Crippen molar-refractivity contribution in [1.29, 1.82) is 0 Å². The normalized spacial score (nSPS) is 33.9. The van der Waals surface area contributed by atoms with Gasteiger partial charge in [-0.15, -0.1) is 0 Å². The summed E-state index contributed by atoms with van der Waals surface area (Å²) in [6.45, 7) is 2.73. The third kappa shape index (κ3) is 6.23. The zero-order valence-corrected chi connectivity index (χ0v) is 22.0. The number of hydrogen-bond acceptors (Lipinski definition) is 10. The average Bonchev–Trinajstić information content (AvgIpc) is 2.95. The molecule has 4 rings (SSSR count). The van der Waals surface area contributed by atoms with E-state index in [-0.39, 0.29) is 0 Å². The van der Waals surface area contributed by atoms with Gasteiger partial charge in [-0.25, -0.2) is 0 Å². The summed E-state index contributed by atoms with van der Waals surface area (Å²) < 4.78 is 10.9. The van der Waals surface area contributed by atoms with Gasteiger partial charge in [0, 0.05) is 11.1 Å². The van der Waals surface area contributed by atoms with Crippen molar-refractivity contribution in [3.8, 4) is 34.8 Å². The summed E-state index contributed by atoms with van der Waals surface area (Å²) in [4.78, 5) is 0. The van der Waals surface area contributed by atoms with Crippen LogP contribution in [-0.4, -0.2) is 115 Å². The molecule has 10 heteroatoms. The van der Waals surface area contributed by atoms with E-state index < -0.39 is 74.3 Å². The van der Waals surface area contributed by atoms with E-state index in [0.717, 1.165) is 22.3 Å². The van der Waals surface area contributed by atoms with Gasteiger partial charge in [0.2, 0.25) is 0 Å². The van der Waals surface area contributed by atoms with E-state index in [1.165, 1.54) is 0 Å². The van der Waals surface area contributed by atoms with Gasteiger partial charge in [-0.2, -0.15) is 0 Å². The zero-order valence-electron chi connectivity index (χ0n) is 22.0. The largest absolute Gasteiger partial charge is 0.394 e. The van der Waals surface area contributed by atoms with Gasteiger partial charge in [0.05, 0.1) is 13.2 Å². The molecule has 2 saturated heterocycles. The first-order chi connectivity index (χ1) is 19.0. The molecule has 10 nitrogen and oxygen atoms in total. The predicted molar refractivity (Wildman–Crippen MR) is 143 cm³/mol. The third-order valence-corrected chi connectivity index (χ3v) is 7.27. The number of aryl methyl sites for hydroxylation is 2. The highest BCUT2D eigenvalue weighted by atomic mass is 16.5. The molecule has 40 heavy (non-hydrogen) atoms. The van der Waals surface area contributed by atoms with Crippen LogP contribution in [0.1, 0.15) is 22.3 Å². The SMILES string of the molecule is Cc1cc(-c2ccc(C#C[C@H]3O[C@H](CO)[C@@H](O)[C@H](O)[C@@H]3O)c(C)c2)ccc1C#C[C@H]1O[C@H](CO)[C@@H](O)[C@H](O)[C@@H]1O. The lowest BCUT2D eigenvalue weighted by Gasteiger charge is -2.37. The van der Waals surface area contributed by atoms with Gasteiger partial charge in [0.15, 0.2) is 0 Å². The van der Waals surface area contributed by atoms with Gasteiger partial charge < -0.3 is 50.3 Å². The van der Waals surface area contributed by atoms with E-state index in [0.29, 0.717) is 11.1 Å². The molecule has 0 saturated carbocycles. The molecule has 2 heterocycles. The average molecular weight is 555 g/mol. The molecule has 0 aliphatic carbocycles. The van der Waals surface area contributed by atoms with E-state index in [2.05, 4.69) is 23.7 Å². The van der Waals surface area contributed by atoms with Gasteiger partial charge in [0.1, 0.15) is 61.0 Å². The van der Waals surface area contributed by atoms with Crippen molar-refractivity contribution in [2.75, 3.05) is 13.2 Å². The quantitative estimate of drug-likeness (QED) is 0.205. The lowest BCUT2D eigenvalue weighted by atomic mass is 9.94. The van der Waals surface area contributed by atoms with Crippen LogP contribution in [0.2, 0.25) is 0 Å². The van der Waals surface area contributed by atoms with Crippen LogP contribution in [-0.2, 0) is 9.47 Å². The summed E-state index contributed by atoms with van der Waals surface area (Å²) in [5.41, 5.74) is 4.93. The van der Waals surface area contributed by atoms with Crippen molar-refractivity contribution in [1.82, 2.24) is 0 Å². The molecule has 2 aromatic rings. The van der Waals surface area contributed by atoms with E-state index in [1.807, 2.05) is 50.2 Å². The lowest BCUT2D eigenvalue weighted by Crippen LogP contribution is -2.58. The summed E-state index contributed by atoms with van der Waals surface area (Å²) in [6, 6.07) is 11.3. The van der Waals surface area contributed by atoms with Crippen LogP contribution in [0.5, 0.6) is 0 Å². The maximum Gasteiger partial charge on any atom is 0.147 e. The Morgan fingerprint density at radius 3 is 1.27 bits per heavy atom. The molecular formula is C30H34O10. The summed E-state index contributed by atoms with van der Waals surface area (Å²) >= 11 is 0. The smallest absolute Gasteiger partial charge is 0.147 e. The first-order valence-corrected chi connectivity index (χ1v) is 12.9. The van der Waals surface area contributed by atoms with Crippen molar-refractivity contribution in [3.63, 3.8) is 0 Å². The van der Waals surface area contributed by atoms with Gasteiger partial charge in [-0.05, 0) is 48.2 Å². The van der Waals surface area contributed by atoms with Gasteiger partial charge in [-0.3, -0.25) is 0 Å².